The van der Waals surface area contributed by atoms with Crippen molar-refractivity contribution < 1.29 is 9.53 Å². The summed E-state index contributed by atoms with van der Waals surface area (Å²) in [6.07, 6.45) is 1.13. The van der Waals surface area contributed by atoms with Crippen LogP contribution in [0.25, 0.3) is 22.2 Å². The predicted octanol–water partition coefficient (Wildman–Crippen LogP) is 6.68. The average Bonchev–Trinajstić information content (AvgIpc) is 3.29. The van der Waals surface area contributed by atoms with Crippen LogP contribution in [-0.2, 0) is 24.3 Å². The number of nitrogens with one attached hydrogen (secondary N) is 1. The van der Waals surface area contributed by atoms with Crippen molar-refractivity contribution in [3.63, 3.8) is 0 Å². The predicted molar refractivity (Wildman–Crippen MR) is 149 cm³/mol. The summed E-state index contributed by atoms with van der Waals surface area (Å²) in [7, 11) is 0. The lowest BCUT2D eigenvalue weighted by molar-refractivity contribution is -0.120. The molecule has 1 heterocycles. The van der Waals surface area contributed by atoms with Crippen LogP contribution in [0.3, 0.4) is 0 Å². The number of nitrogens with zero attached hydrogens (tertiary/aromatic N) is 2. The monoisotopic (exact) mass is 509 g/mol. The second-order valence-electron chi connectivity index (χ2n) is 8.84. The van der Waals surface area contributed by atoms with E-state index in [0.717, 1.165) is 52.3 Å². The Bertz CT molecular complexity index is 1460. The molecule has 0 unspecified atom stereocenters. The number of carbonyl (C=O) groups is 1. The van der Waals surface area contributed by atoms with Gasteiger partial charge in [0, 0.05) is 11.6 Å². The quantitative estimate of drug-likeness (QED) is 0.213. The zero-order valence-corrected chi connectivity index (χ0v) is 21.2. The van der Waals surface area contributed by atoms with Crippen molar-refractivity contribution in [2.45, 2.75) is 25.9 Å². The number of ether oxygens (including phenoxy) is 1. The van der Waals surface area contributed by atoms with E-state index >= 15 is 0 Å². The Kier molecular flexibility index (Phi) is 7.82. The van der Waals surface area contributed by atoms with Crippen molar-refractivity contribution in [3.8, 4) is 16.9 Å². The van der Waals surface area contributed by atoms with Gasteiger partial charge in [-0.15, -0.1) is 0 Å². The molecule has 0 spiro atoms. The Morgan fingerprint density at radius 3 is 2.32 bits per heavy atom. The van der Waals surface area contributed by atoms with Crippen LogP contribution in [-0.4, -0.2) is 22.1 Å². The van der Waals surface area contributed by atoms with E-state index in [0.29, 0.717) is 24.6 Å². The lowest BCUT2D eigenvalue weighted by Crippen LogP contribution is -2.26. The molecular formula is C31H28ClN3O2. The molecule has 0 saturated heterocycles. The lowest BCUT2D eigenvalue weighted by atomic mass is 10.0. The highest BCUT2D eigenvalue weighted by Gasteiger charge is 2.12. The van der Waals surface area contributed by atoms with Gasteiger partial charge in [0.1, 0.15) is 11.6 Å². The fourth-order valence-electron chi connectivity index (χ4n) is 4.32. The van der Waals surface area contributed by atoms with Gasteiger partial charge in [-0.05, 0) is 59.5 Å². The van der Waals surface area contributed by atoms with Gasteiger partial charge in [-0.3, -0.25) is 4.79 Å². The van der Waals surface area contributed by atoms with Crippen LogP contribution < -0.4 is 10.1 Å². The molecule has 4 aromatic carbocycles. The molecule has 0 bridgehead atoms. The number of hydrogen-bond acceptors (Lipinski definition) is 3. The van der Waals surface area contributed by atoms with Gasteiger partial charge in [-0.2, -0.15) is 0 Å². The zero-order valence-electron chi connectivity index (χ0n) is 20.4. The Hall–Kier alpha value is -4.09. The lowest BCUT2D eigenvalue weighted by Gasteiger charge is -2.11. The van der Waals surface area contributed by atoms with Gasteiger partial charge in [0.05, 0.1) is 30.6 Å². The van der Waals surface area contributed by atoms with E-state index in [2.05, 4.69) is 40.2 Å². The largest absolute Gasteiger partial charge is 0.494 e. The molecule has 5 rings (SSSR count). The van der Waals surface area contributed by atoms with Crippen molar-refractivity contribution in [1.29, 1.82) is 0 Å². The molecule has 1 amide bonds. The molecule has 1 N–H and O–H groups in total. The third-order valence-corrected chi connectivity index (χ3v) is 6.46. The number of aromatic nitrogens is 2. The number of amides is 1. The topological polar surface area (TPSA) is 56.2 Å². The number of fused-ring (bicyclic) bond motifs is 1. The number of rotatable bonds is 10. The molecule has 37 heavy (non-hydrogen) atoms. The first-order valence-electron chi connectivity index (χ1n) is 12.4. The molecule has 0 aliphatic rings. The Morgan fingerprint density at radius 1 is 0.838 bits per heavy atom. The van der Waals surface area contributed by atoms with E-state index in [9.17, 15) is 4.79 Å². The first-order chi connectivity index (χ1) is 18.2. The van der Waals surface area contributed by atoms with Crippen LogP contribution in [0.4, 0.5) is 0 Å². The molecule has 1 aromatic heterocycles. The normalized spacial score (nSPS) is 10.9. The number of benzene rings is 4. The van der Waals surface area contributed by atoms with Crippen LogP contribution in [0, 0.1) is 0 Å². The van der Waals surface area contributed by atoms with Crippen molar-refractivity contribution in [1.82, 2.24) is 14.9 Å². The molecule has 0 aliphatic carbocycles. The number of aryl methyl sites for hydroxylation is 1. The summed E-state index contributed by atoms with van der Waals surface area (Å²) in [4.78, 5) is 17.5. The van der Waals surface area contributed by atoms with Gasteiger partial charge in [-0.25, -0.2) is 4.98 Å². The third kappa shape index (κ3) is 6.38. The molecule has 6 heteroatoms. The highest BCUT2D eigenvalue weighted by Crippen LogP contribution is 2.20. The van der Waals surface area contributed by atoms with Crippen LogP contribution in [0.5, 0.6) is 5.75 Å². The van der Waals surface area contributed by atoms with Crippen molar-refractivity contribution in [2.75, 3.05) is 6.61 Å². The van der Waals surface area contributed by atoms with Gasteiger partial charge >= 0.3 is 0 Å². The molecule has 186 valence electrons. The highest BCUT2D eigenvalue weighted by molar-refractivity contribution is 6.30. The Labute approximate surface area is 221 Å². The second-order valence-corrected chi connectivity index (χ2v) is 9.28. The third-order valence-electron chi connectivity index (χ3n) is 6.21. The molecule has 0 aliphatic heterocycles. The van der Waals surface area contributed by atoms with E-state index in [1.807, 2.05) is 72.8 Å². The molecule has 0 radical (unpaired) electrons. The summed E-state index contributed by atoms with van der Waals surface area (Å²) in [6, 6.07) is 33.8. The second kappa shape index (κ2) is 11.8. The van der Waals surface area contributed by atoms with Crippen LogP contribution in [0.1, 0.15) is 17.8 Å². The number of para-hydroxylation sites is 2. The standard InChI is InChI=1S/C31H28ClN3O2/c32-26-15-17-27(18-16-26)37-20-6-19-35-29-10-5-4-9-28(29)34-30(35)22-33-31(36)21-23-11-13-25(14-12-23)24-7-2-1-3-8-24/h1-5,7-18H,6,19-22H2,(H,33,36). The maximum atomic E-state index is 12.7. The summed E-state index contributed by atoms with van der Waals surface area (Å²) < 4.78 is 8.01. The minimum atomic E-state index is -0.0304. The van der Waals surface area contributed by atoms with Gasteiger partial charge in [0.2, 0.25) is 5.91 Å². The highest BCUT2D eigenvalue weighted by atomic mass is 35.5. The Balaban J connectivity index is 1.18. The van der Waals surface area contributed by atoms with E-state index in [4.69, 9.17) is 21.3 Å². The Morgan fingerprint density at radius 2 is 1.54 bits per heavy atom. The van der Waals surface area contributed by atoms with Crippen LogP contribution in [0.2, 0.25) is 5.02 Å². The SMILES string of the molecule is O=C(Cc1ccc(-c2ccccc2)cc1)NCc1nc2ccccc2n1CCCOc1ccc(Cl)cc1. The van der Waals surface area contributed by atoms with Gasteiger partial charge in [-0.1, -0.05) is 78.3 Å². The maximum Gasteiger partial charge on any atom is 0.224 e. The zero-order chi connectivity index (χ0) is 25.5. The number of imidazole rings is 1. The first-order valence-corrected chi connectivity index (χ1v) is 12.8. The fraction of sp³-hybridized carbons (Fsp3) is 0.161. The van der Waals surface area contributed by atoms with Gasteiger partial charge < -0.3 is 14.6 Å². The fourth-order valence-corrected chi connectivity index (χ4v) is 4.45. The van der Waals surface area contributed by atoms with E-state index in [1.54, 1.807) is 0 Å². The molecule has 0 atom stereocenters. The summed E-state index contributed by atoms with van der Waals surface area (Å²) in [6.45, 7) is 1.67. The molecule has 0 fully saturated rings. The van der Waals surface area contributed by atoms with E-state index < -0.39 is 0 Å². The maximum absolute atomic E-state index is 12.7. The molecular weight excluding hydrogens is 482 g/mol. The molecule has 5 nitrogen and oxygen atoms in total. The van der Waals surface area contributed by atoms with Crippen molar-refractivity contribution in [2.24, 2.45) is 0 Å². The summed E-state index contributed by atoms with van der Waals surface area (Å²) in [5.74, 6) is 1.60. The minimum Gasteiger partial charge on any atom is -0.494 e. The smallest absolute Gasteiger partial charge is 0.224 e. The number of carbonyl (C=O) groups excluding carboxylic acids is 1. The van der Waals surface area contributed by atoms with Crippen molar-refractivity contribution in [3.05, 3.63) is 120 Å². The minimum absolute atomic E-state index is 0.0304. The van der Waals surface area contributed by atoms with Crippen LogP contribution >= 0.6 is 11.6 Å². The van der Waals surface area contributed by atoms with Gasteiger partial charge in [0.25, 0.3) is 0 Å². The summed E-state index contributed by atoms with van der Waals surface area (Å²) in [5.41, 5.74) is 5.25. The first kappa shape index (κ1) is 24.6. The number of hydrogen-bond donors (Lipinski definition) is 1. The molecule has 0 saturated carbocycles. The van der Waals surface area contributed by atoms with Crippen molar-refractivity contribution >= 4 is 28.5 Å². The van der Waals surface area contributed by atoms with E-state index in [-0.39, 0.29) is 5.91 Å². The summed E-state index contributed by atoms with van der Waals surface area (Å²) >= 11 is 5.94. The van der Waals surface area contributed by atoms with Gasteiger partial charge in [0.15, 0.2) is 0 Å². The number of halogens is 1. The van der Waals surface area contributed by atoms with E-state index in [1.165, 1.54) is 0 Å². The molecule has 5 aromatic rings. The van der Waals surface area contributed by atoms with Crippen LogP contribution in [0.15, 0.2) is 103 Å². The summed E-state index contributed by atoms with van der Waals surface area (Å²) in [5, 5.41) is 3.74. The average molecular weight is 510 g/mol.